The van der Waals surface area contributed by atoms with Gasteiger partial charge in [0.15, 0.2) is 0 Å². The molecule has 1 aromatic rings. The molecule has 0 saturated carbocycles. The van der Waals surface area contributed by atoms with Crippen LogP contribution >= 0.6 is 27.5 Å². The Bertz CT molecular complexity index is 358. The second-order valence-electron chi connectivity index (χ2n) is 4.34. The normalized spacial score (nSPS) is 20.2. The molecule has 0 spiro atoms. The van der Waals surface area contributed by atoms with Gasteiger partial charge in [-0.3, -0.25) is 0 Å². The topological polar surface area (TPSA) is 0 Å². The van der Waals surface area contributed by atoms with Gasteiger partial charge in [-0.15, -0.1) is 0 Å². The van der Waals surface area contributed by atoms with Gasteiger partial charge in [0.05, 0.1) is 0 Å². The molecule has 1 aliphatic rings. The van der Waals surface area contributed by atoms with E-state index in [1.807, 2.05) is 6.07 Å². The van der Waals surface area contributed by atoms with Crippen molar-refractivity contribution in [2.45, 2.75) is 32.6 Å². The van der Waals surface area contributed by atoms with E-state index < -0.39 is 0 Å². The monoisotopic (exact) mass is 272 g/mol. The molecule has 1 atom stereocenters. The molecule has 0 fully saturated rings. The maximum atomic E-state index is 6.07. The SMILES string of the molecule is CC(C)C1CCc2c(Br)cc(Cl)cc21. The van der Waals surface area contributed by atoms with Crippen LogP contribution in [0.15, 0.2) is 16.6 Å². The van der Waals surface area contributed by atoms with Crippen molar-refractivity contribution in [1.29, 1.82) is 0 Å². The molecule has 0 N–H and O–H groups in total. The standard InChI is InChI=1S/C12H14BrCl/c1-7(2)9-3-4-10-11(9)5-8(14)6-12(10)13/h5-7,9H,3-4H2,1-2H3. The zero-order valence-electron chi connectivity index (χ0n) is 8.48. The second kappa shape index (κ2) is 3.86. The van der Waals surface area contributed by atoms with Crippen molar-refractivity contribution in [3.8, 4) is 0 Å². The van der Waals surface area contributed by atoms with Gasteiger partial charge in [-0.2, -0.15) is 0 Å². The average molecular weight is 274 g/mol. The van der Waals surface area contributed by atoms with Crippen molar-refractivity contribution in [1.82, 2.24) is 0 Å². The molecule has 0 amide bonds. The molecule has 0 aliphatic heterocycles. The van der Waals surface area contributed by atoms with E-state index in [1.165, 1.54) is 28.4 Å². The lowest BCUT2D eigenvalue weighted by Crippen LogP contribution is -2.02. The van der Waals surface area contributed by atoms with Crippen LogP contribution < -0.4 is 0 Å². The number of halogens is 2. The molecule has 1 aromatic carbocycles. The predicted molar refractivity (Wildman–Crippen MR) is 65.1 cm³/mol. The Kier molecular flexibility index (Phi) is 2.90. The minimum absolute atomic E-state index is 0.694. The summed E-state index contributed by atoms with van der Waals surface area (Å²) in [6.07, 6.45) is 2.46. The van der Waals surface area contributed by atoms with Gasteiger partial charge < -0.3 is 0 Å². The molecular formula is C12H14BrCl. The number of hydrogen-bond acceptors (Lipinski definition) is 0. The lowest BCUT2D eigenvalue weighted by molar-refractivity contribution is 0.496. The zero-order chi connectivity index (χ0) is 10.3. The Morgan fingerprint density at radius 1 is 1.43 bits per heavy atom. The first kappa shape index (κ1) is 10.5. The summed E-state index contributed by atoms with van der Waals surface area (Å²) in [5, 5.41) is 0.850. The van der Waals surface area contributed by atoms with Crippen LogP contribution in [0.2, 0.25) is 5.02 Å². The zero-order valence-corrected chi connectivity index (χ0v) is 10.8. The van der Waals surface area contributed by atoms with E-state index in [0.29, 0.717) is 11.8 Å². The number of hydrogen-bond donors (Lipinski definition) is 0. The Morgan fingerprint density at radius 2 is 2.14 bits per heavy atom. The lowest BCUT2D eigenvalue weighted by Gasteiger charge is -2.16. The van der Waals surface area contributed by atoms with E-state index in [4.69, 9.17) is 11.6 Å². The number of rotatable bonds is 1. The van der Waals surface area contributed by atoms with Crippen molar-refractivity contribution in [2.75, 3.05) is 0 Å². The maximum absolute atomic E-state index is 6.07. The summed E-state index contributed by atoms with van der Waals surface area (Å²) in [7, 11) is 0. The molecule has 2 rings (SSSR count). The largest absolute Gasteiger partial charge is 0.0843 e. The van der Waals surface area contributed by atoms with Crippen LogP contribution in [0, 0.1) is 5.92 Å². The molecule has 0 bridgehead atoms. The predicted octanol–water partition coefficient (Wildman–Crippen LogP) is 4.79. The fraction of sp³-hybridized carbons (Fsp3) is 0.500. The molecule has 14 heavy (non-hydrogen) atoms. The van der Waals surface area contributed by atoms with Crippen molar-refractivity contribution in [3.63, 3.8) is 0 Å². The fourth-order valence-electron chi connectivity index (χ4n) is 2.37. The maximum Gasteiger partial charge on any atom is 0.0420 e. The van der Waals surface area contributed by atoms with Crippen molar-refractivity contribution in [3.05, 3.63) is 32.8 Å². The van der Waals surface area contributed by atoms with Gasteiger partial charge in [0.1, 0.15) is 0 Å². The van der Waals surface area contributed by atoms with Crippen LogP contribution in [0.1, 0.15) is 37.3 Å². The summed E-state index contributed by atoms with van der Waals surface area (Å²) < 4.78 is 1.18. The van der Waals surface area contributed by atoms with Gasteiger partial charge in [-0.1, -0.05) is 41.4 Å². The Labute approximate surface area is 98.8 Å². The summed E-state index contributed by atoms with van der Waals surface area (Å²) in [4.78, 5) is 0. The van der Waals surface area contributed by atoms with Gasteiger partial charge in [0.25, 0.3) is 0 Å². The first-order chi connectivity index (χ1) is 6.59. The Balaban J connectivity index is 2.49. The molecule has 0 aromatic heterocycles. The van der Waals surface area contributed by atoms with E-state index in [9.17, 15) is 0 Å². The third-order valence-corrected chi connectivity index (χ3v) is 4.03. The van der Waals surface area contributed by atoms with Crippen LogP contribution in [0.4, 0.5) is 0 Å². The van der Waals surface area contributed by atoms with Crippen molar-refractivity contribution >= 4 is 27.5 Å². The summed E-state index contributed by atoms with van der Waals surface area (Å²) in [5.74, 6) is 1.40. The average Bonchev–Trinajstić information content (AvgIpc) is 2.47. The molecule has 0 heterocycles. The van der Waals surface area contributed by atoms with E-state index in [0.717, 1.165) is 5.02 Å². The third kappa shape index (κ3) is 1.72. The highest BCUT2D eigenvalue weighted by Gasteiger charge is 2.26. The van der Waals surface area contributed by atoms with Gasteiger partial charge in [0, 0.05) is 9.50 Å². The van der Waals surface area contributed by atoms with Crippen LogP contribution in [0.3, 0.4) is 0 Å². The van der Waals surface area contributed by atoms with Gasteiger partial charge in [-0.25, -0.2) is 0 Å². The smallest absolute Gasteiger partial charge is 0.0420 e. The number of benzene rings is 1. The van der Waals surface area contributed by atoms with Crippen LogP contribution in [-0.2, 0) is 6.42 Å². The third-order valence-electron chi connectivity index (χ3n) is 3.10. The summed E-state index contributed by atoms with van der Waals surface area (Å²) >= 11 is 9.66. The molecule has 76 valence electrons. The molecule has 0 radical (unpaired) electrons. The van der Waals surface area contributed by atoms with Crippen LogP contribution in [0.25, 0.3) is 0 Å². The highest BCUT2D eigenvalue weighted by atomic mass is 79.9. The quantitative estimate of drug-likeness (QED) is 0.690. The van der Waals surface area contributed by atoms with Gasteiger partial charge >= 0.3 is 0 Å². The molecule has 0 nitrogen and oxygen atoms in total. The van der Waals surface area contributed by atoms with E-state index in [-0.39, 0.29) is 0 Å². The van der Waals surface area contributed by atoms with E-state index in [2.05, 4.69) is 35.8 Å². The molecule has 0 saturated heterocycles. The summed E-state index contributed by atoms with van der Waals surface area (Å²) in [5.41, 5.74) is 2.92. The van der Waals surface area contributed by atoms with Crippen LogP contribution in [-0.4, -0.2) is 0 Å². The minimum atomic E-state index is 0.694. The lowest BCUT2D eigenvalue weighted by atomic mass is 9.90. The minimum Gasteiger partial charge on any atom is -0.0843 e. The second-order valence-corrected chi connectivity index (χ2v) is 5.64. The van der Waals surface area contributed by atoms with Gasteiger partial charge in [0.2, 0.25) is 0 Å². The Hall–Kier alpha value is -0.0100. The first-order valence-electron chi connectivity index (χ1n) is 5.07. The molecule has 1 unspecified atom stereocenters. The van der Waals surface area contributed by atoms with Gasteiger partial charge in [-0.05, 0) is 47.9 Å². The van der Waals surface area contributed by atoms with Crippen molar-refractivity contribution in [2.24, 2.45) is 5.92 Å². The van der Waals surface area contributed by atoms with E-state index in [1.54, 1.807) is 0 Å². The molecule has 2 heteroatoms. The summed E-state index contributed by atoms with van der Waals surface area (Å²) in [6, 6.07) is 4.14. The first-order valence-corrected chi connectivity index (χ1v) is 6.24. The number of fused-ring (bicyclic) bond motifs is 1. The van der Waals surface area contributed by atoms with Crippen LogP contribution in [0.5, 0.6) is 0 Å². The van der Waals surface area contributed by atoms with E-state index >= 15 is 0 Å². The highest BCUT2D eigenvalue weighted by Crippen LogP contribution is 2.42. The molecular weight excluding hydrogens is 259 g/mol. The fourth-order valence-corrected chi connectivity index (χ4v) is 3.40. The Morgan fingerprint density at radius 3 is 2.79 bits per heavy atom. The van der Waals surface area contributed by atoms with Crippen molar-refractivity contribution < 1.29 is 0 Å². The molecule has 1 aliphatic carbocycles. The highest BCUT2D eigenvalue weighted by molar-refractivity contribution is 9.10. The summed E-state index contributed by atoms with van der Waals surface area (Å²) in [6.45, 7) is 4.57.